The molecule has 1 aliphatic carbocycles. The lowest BCUT2D eigenvalue weighted by molar-refractivity contribution is -0.0935. The zero-order chi connectivity index (χ0) is 7.90. The van der Waals surface area contributed by atoms with Crippen molar-refractivity contribution in [1.82, 2.24) is 0 Å². The van der Waals surface area contributed by atoms with E-state index in [1.807, 2.05) is 0 Å². The second kappa shape index (κ2) is 2.44. The molecule has 1 saturated heterocycles. The first kappa shape index (κ1) is 7.53. The molecule has 2 fully saturated rings. The normalized spacial score (nSPS) is 50.7. The predicted molar refractivity (Wildman–Crippen MR) is 39.2 cm³/mol. The minimum absolute atomic E-state index is 0.105. The number of ether oxygens (including phenoxy) is 1. The van der Waals surface area contributed by atoms with E-state index in [0.717, 1.165) is 12.8 Å². The largest absolute Gasteiger partial charge is 0.393 e. The Hall–Kier alpha value is -0.120. The van der Waals surface area contributed by atoms with Crippen molar-refractivity contribution in [2.75, 3.05) is 6.61 Å². The SMILES string of the molecule is OC1CC[C@]2(O)CCO[C@@H]2C1. The van der Waals surface area contributed by atoms with Gasteiger partial charge in [-0.25, -0.2) is 0 Å². The first-order valence-corrected chi connectivity index (χ1v) is 4.23. The van der Waals surface area contributed by atoms with Gasteiger partial charge in [0.25, 0.3) is 0 Å². The Bertz CT molecular complexity index is 159. The Kier molecular flexibility index (Phi) is 1.67. The number of aliphatic hydroxyl groups is 2. The summed E-state index contributed by atoms with van der Waals surface area (Å²) in [6.45, 7) is 0.647. The van der Waals surface area contributed by atoms with Crippen LogP contribution >= 0.6 is 0 Å². The highest BCUT2D eigenvalue weighted by molar-refractivity contribution is 4.97. The molecule has 2 rings (SSSR count). The van der Waals surface area contributed by atoms with Crippen LogP contribution in [0, 0.1) is 0 Å². The van der Waals surface area contributed by atoms with Gasteiger partial charge in [0, 0.05) is 19.4 Å². The van der Waals surface area contributed by atoms with Crippen molar-refractivity contribution in [3.05, 3.63) is 0 Å². The molecular formula is C8H14O3. The maximum Gasteiger partial charge on any atom is 0.0932 e. The van der Waals surface area contributed by atoms with E-state index in [9.17, 15) is 10.2 Å². The Morgan fingerprint density at radius 3 is 3.00 bits per heavy atom. The van der Waals surface area contributed by atoms with Gasteiger partial charge in [-0.1, -0.05) is 0 Å². The van der Waals surface area contributed by atoms with Gasteiger partial charge >= 0.3 is 0 Å². The van der Waals surface area contributed by atoms with Gasteiger partial charge in [-0.3, -0.25) is 0 Å². The number of aliphatic hydroxyl groups excluding tert-OH is 1. The molecule has 3 heteroatoms. The Morgan fingerprint density at radius 2 is 2.18 bits per heavy atom. The van der Waals surface area contributed by atoms with Gasteiger partial charge in [0.15, 0.2) is 0 Å². The lowest BCUT2D eigenvalue weighted by Gasteiger charge is -2.35. The van der Waals surface area contributed by atoms with Crippen LogP contribution in [0.4, 0.5) is 0 Å². The summed E-state index contributed by atoms with van der Waals surface area (Å²) in [4.78, 5) is 0. The molecule has 0 amide bonds. The smallest absolute Gasteiger partial charge is 0.0932 e. The monoisotopic (exact) mass is 158 g/mol. The minimum Gasteiger partial charge on any atom is -0.393 e. The molecule has 11 heavy (non-hydrogen) atoms. The van der Waals surface area contributed by atoms with Crippen LogP contribution in [0.15, 0.2) is 0 Å². The van der Waals surface area contributed by atoms with Crippen molar-refractivity contribution in [3.8, 4) is 0 Å². The topological polar surface area (TPSA) is 49.7 Å². The summed E-state index contributed by atoms with van der Waals surface area (Å²) in [5.41, 5.74) is -0.612. The molecule has 1 unspecified atom stereocenters. The molecule has 3 nitrogen and oxygen atoms in total. The zero-order valence-electron chi connectivity index (χ0n) is 6.49. The highest BCUT2D eigenvalue weighted by Crippen LogP contribution is 2.37. The third-order valence-corrected chi connectivity index (χ3v) is 2.85. The molecule has 0 aromatic rings. The number of hydrogen-bond donors (Lipinski definition) is 2. The third kappa shape index (κ3) is 1.17. The lowest BCUT2D eigenvalue weighted by Crippen LogP contribution is -2.44. The molecule has 0 bridgehead atoms. The van der Waals surface area contributed by atoms with Gasteiger partial charge < -0.3 is 14.9 Å². The molecule has 1 heterocycles. The second-order valence-electron chi connectivity index (χ2n) is 3.64. The summed E-state index contributed by atoms with van der Waals surface area (Å²) in [6.07, 6.45) is 2.39. The second-order valence-corrected chi connectivity index (χ2v) is 3.64. The maximum absolute atomic E-state index is 9.89. The van der Waals surface area contributed by atoms with E-state index in [4.69, 9.17) is 4.74 Å². The Labute approximate surface area is 66.0 Å². The molecule has 0 aromatic carbocycles. The molecule has 3 atom stereocenters. The maximum atomic E-state index is 9.89. The third-order valence-electron chi connectivity index (χ3n) is 2.85. The van der Waals surface area contributed by atoms with Crippen LogP contribution in [0.2, 0.25) is 0 Å². The summed E-state index contributed by atoms with van der Waals surface area (Å²) in [6, 6.07) is 0. The summed E-state index contributed by atoms with van der Waals surface area (Å²) in [7, 11) is 0. The molecule has 2 aliphatic rings. The predicted octanol–water partition coefficient (Wildman–Crippen LogP) is 0.0512. The van der Waals surface area contributed by atoms with Crippen molar-refractivity contribution in [2.45, 2.75) is 43.5 Å². The first-order valence-electron chi connectivity index (χ1n) is 4.23. The van der Waals surface area contributed by atoms with Gasteiger partial charge in [0.2, 0.25) is 0 Å². The summed E-state index contributed by atoms with van der Waals surface area (Å²) < 4.78 is 5.32. The van der Waals surface area contributed by atoms with Gasteiger partial charge in [-0.2, -0.15) is 0 Å². The minimum atomic E-state index is -0.612. The van der Waals surface area contributed by atoms with E-state index < -0.39 is 5.60 Å². The average molecular weight is 158 g/mol. The highest BCUT2D eigenvalue weighted by Gasteiger charge is 2.46. The first-order chi connectivity index (χ1) is 5.21. The van der Waals surface area contributed by atoms with E-state index in [2.05, 4.69) is 0 Å². The standard InChI is InChI=1S/C8H14O3/c9-6-1-2-8(10)3-4-11-7(8)5-6/h6-7,9-10H,1-5H2/t6?,7-,8+/m1/s1. The van der Waals surface area contributed by atoms with Crippen LogP contribution in [0.25, 0.3) is 0 Å². The van der Waals surface area contributed by atoms with Gasteiger partial charge in [0.05, 0.1) is 17.8 Å². The fraction of sp³-hybridized carbons (Fsp3) is 1.00. The molecule has 0 spiro atoms. The Balaban J connectivity index is 2.08. The van der Waals surface area contributed by atoms with E-state index >= 15 is 0 Å². The van der Waals surface area contributed by atoms with E-state index in [1.54, 1.807) is 0 Å². The van der Waals surface area contributed by atoms with Gasteiger partial charge in [-0.05, 0) is 12.8 Å². The summed E-state index contributed by atoms with van der Waals surface area (Å²) in [5.74, 6) is 0. The van der Waals surface area contributed by atoms with E-state index in [-0.39, 0.29) is 12.2 Å². The number of fused-ring (bicyclic) bond motifs is 1. The highest BCUT2D eigenvalue weighted by atomic mass is 16.5. The van der Waals surface area contributed by atoms with Crippen LogP contribution in [-0.2, 0) is 4.74 Å². The average Bonchev–Trinajstić information content (AvgIpc) is 2.31. The van der Waals surface area contributed by atoms with Crippen molar-refractivity contribution >= 4 is 0 Å². The van der Waals surface area contributed by atoms with Crippen LogP contribution < -0.4 is 0 Å². The van der Waals surface area contributed by atoms with E-state index in [1.165, 1.54) is 0 Å². The molecule has 0 aromatic heterocycles. The Morgan fingerprint density at radius 1 is 1.36 bits per heavy atom. The van der Waals surface area contributed by atoms with Gasteiger partial charge in [-0.15, -0.1) is 0 Å². The zero-order valence-corrected chi connectivity index (χ0v) is 6.49. The van der Waals surface area contributed by atoms with Crippen LogP contribution in [0.3, 0.4) is 0 Å². The van der Waals surface area contributed by atoms with Crippen molar-refractivity contribution < 1.29 is 14.9 Å². The van der Waals surface area contributed by atoms with Crippen LogP contribution in [0.1, 0.15) is 25.7 Å². The molecular weight excluding hydrogens is 144 g/mol. The fourth-order valence-electron chi connectivity index (χ4n) is 2.05. The summed E-state index contributed by atoms with van der Waals surface area (Å²) in [5, 5.41) is 19.2. The van der Waals surface area contributed by atoms with Crippen molar-refractivity contribution in [1.29, 1.82) is 0 Å². The number of rotatable bonds is 0. The quantitative estimate of drug-likeness (QED) is 0.523. The molecule has 2 N–H and O–H groups in total. The fourth-order valence-corrected chi connectivity index (χ4v) is 2.05. The number of hydrogen-bond acceptors (Lipinski definition) is 3. The van der Waals surface area contributed by atoms with Crippen molar-refractivity contribution in [2.24, 2.45) is 0 Å². The summed E-state index contributed by atoms with van der Waals surface area (Å²) >= 11 is 0. The molecule has 1 aliphatic heterocycles. The molecule has 1 saturated carbocycles. The molecule has 64 valence electrons. The van der Waals surface area contributed by atoms with Crippen molar-refractivity contribution in [3.63, 3.8) is 0 Å². The van der Waals surface area contributed by atoms with E-state index in [0.29, 0.717) is 19.4 Å². The van der Waals surface area contributed by atoms with Gasteiger partial charge in [0.1, 0.15) is 0 Å². The van der Waals surface area contributed by atoms with Crippen LogP contribution in [-0.4, -0.2) is 34.6 Å². The lowest BCUT2D eigenvalue weighted by atomic mass is 9.80. The van der Waals surface area contributed by atoms with Crippen LogP contribution in [0.5, 0.6) is 0 Å². The molecule has 0 radical (unpaired) electrons.